The smallest absolute Gasteiger partial charge is 0.0257 e. The van der Waals surface area contributed by atoms with Crippen molar-refractivity contribution >= 4 is 0 Å². The lowest BCUT2D eigenvalue weighted by Gasteiger charge is -2.03. The largest absolute Gasteiger partial charge is 0.0917 e. The van der Waals surface area contributed by atoms with Gasteiger partial charge in [0, 0.05) is 0 Å². The second-order valence-corrected chi connectivity index (χ2v) is 3.37. The third-order valence-electron chi connectivity index (χ3n) is 1.64. The highest BCUT2D eigenvalue weighted by molar-refractivity contribution is 4.96. The molecule has 0 aliphatic carbocycles. The molecule has 0 spiro atoms. The minimum absolute atomic E-state index is 0.733. The molecule has 0 aromatic carbocycles. The Balaban J connectivity index is 3.53. The summed E-state index contributed by atoms with van der Waals surface area (Å²) in [6.45, 7) is 8.67. The number of hydrogen-bond donors (Lipinski definition) is 0. The summed E-state index contributed by atoms with van der Waals surface area (Å²) in [7, 11) is 0. The van der Waals surface area contributed by atoms with E-state index in [2.05, 4.69) is 45.9 Å². The monoisotopic (exact) mass is 152 g/mol. The van der Waals surface area contributed by atoms with Crippen molar-refractivity contribution in [3.63, 3.8) is 0 Å². The first-order chi connectivity index (χ1) is 5.16. The van der Waals surface area contributed by atoms with Gasteiger partial charge < -0.3 is 0 Å². The molecule has 64 valence electrons. The van der Waals surface area contributed by atoms with Crippen LogP contribution in [0.3, 0.4) is 0 Å². The molecule has 0 aliphatic rings. The van der Waals surface area contributed by atoms with Gasteiger partial charge in [-0.3, -0.25) is 0 Å². The van der Waals surface area contributed by atoms with E-state index in [-0.39, 0.29) is 0 Å². The lowest BCUT2D eigenvalue weighted by Crippen LogP contribution is -1.88. The maximum absolute atomic E-state index is 2.34. The average molecular weight is 152 g/mol. The van der Waals surface area contributed by atoms with Gasteiger partial charge >= 0.3 is 0 Å². The number of hydrogen-bond acceptors (Lipinski definition) is 0. The van der Waals surface area contributed by atoms with Crippen molar-refractivity contribution in [1.29, 1.82) is 0 Å². The third kappa shape index (κ3) is 7.38. The van der Waals surface area contributed by atoms with Gasteiger partial charge in [0.15, 0.2) is 0 Å². The molecule has 0 amide bonds. The zero-order chi connectivity index (χ0) is 8.69. The van der Waals surface area contributed by atoms with E-state index >= 15 is 0 Å². The van der Waals surface area contributed by atoms with Crippen molar-refractivity contribution in [2.75, 3.05) is 0 Å². The zero-order valence-corrected chi connectivity index (χ0v) is 8.22. The second kappa shape index (κ2) is 6.21. The Hall–Kier alpha value is -0.520. The van der Waals surface area contributed by atoms with Gasteiger partial charge in [-0.15, -0.1) is 0 Å². The van der Waals surface area contributed by atoms with Gasteiger partial charge in [0.05, 0.1) is 0 Å². The van der Waals surface area contributed by atoms with Gasteiger partial charge in [-0.05, 0) is 39.5 Å². The molecule has 0 nitrogen and oxygen atoms in total. The van der Waals surface area contributed by atoms with E-state index in [9.17, 15) is 0 Å². The quantitative estimate of drug-likeness (QED) is 0.535. The Morgan fingerprint density at radius 1 is 1.36 bits per heavy atom. The molecule has 0 heterocycles. The molecular formula is C11H20. The normalized spacial score (nSPS) is 13.5. The molecule has 0 radical (unpaired) electrons. The van der Waals surface area contributed by atoms with E-state index in [0.717, 1.165) is 5.92 Å². The molecular weight excluding hydrogens is 132 g/mol. The summed E-state index contributed by atoms with van der Waals surface area (Å²) in [5.74, 6) is 0.733. The molecule has 0 aromatic rings. The highest BCUT2D eigenvalue weighted by Crippen LogP contribution is 2.09. The van der Waals surface area contributed by atoms with Crippen molar-refractivity contribution in [3.05, 3.63) is 23.8 Å². The fraction of sp³-hybridized carbons (Fsp3) is 0.636. The molecule has 0 rings (SSSR count). The molecule has 0 heteroatoms. The van der Waals surface area contributed by atoms with Crippen LogP contribution in [0.4, 0.5) is 0 Å². The maximum atomic E-state index is 2.34. The van der Waals surface area contributed by atoms with E-state index in [1.165, 1.54) is 18.4 Å². The summed E-state index contributed by atoms with van der Waals surface area (Å²) in [6.07, 6.45) is 9.17. The molecule has 0 saturated carbocycles. The molecule has 1 unspecified atom stereocenters. The molecule has 0 N–H and O–H groups in total. The summed E-state index contributed by atoms with van der Waals surface area (Å²) in [5, 5.41) is 0. The van der Waals surface area contributed by atoms with E-state index < -0.39 is 0 Å². The Morgan fingerprint density at radius 2 is 2.00 bits per heavy atom. The van der Waals surface area contributed by atoms with Crippen LogP contribution >= 0.6 is 0 Å². The van der Waals surface area contributed by atoms with Crippen LogP contribution in [0.5, 0.6) is 0 Å². The van der Waals surface area contributed by atoms with Crippen molar-refractivity contribution < 1.29 is 0 Å². The van der Waals surface area contributed by atoms with Gasteiger partial charge in [-0.25, -0.2) is 0 Å². The van der Waals surface area contributed by atoms with Gasteiger partial charge in [-0.2, -0.15) is 0 Å². The van der Waals surface area contributed by atoms with Gasteiger partial charge in [0.1, 0.15) is 0 Å². The first-order valence-corrected chi connectivity index (χ1v) is 4.43. The van der Waals surface area contributed by atoms with Crippen LogP contribution in [0, 0.1) is 5.92 Å². The molecule has 0 saturated heterocycles. The predicted octanol–water partition coefficient (Wildman–Crippen LogP) is 3.95. The lowest BCUT2D eigenvalue weighted by atomic mass is 10.0. The van der Waals surface area contributed by atoms with E-state index in [4.69, 9.17) is 0 Å². The van der Waals surface area contributed by atoms with Crippen LogP contribution in [-0.2, 0) is 0 Å². The molecule has 0 aromatic heterocycles. The fourth-order valence-electron chi connectivity index (χ4n) is 1.18. The minimum Gasteiger partial charge on any atom is -0.0917 e. The zero-order valence-electron chi connectivity index (χ0n) is 8.22. The molecule has 0 aliphatic heterocycles. The Morgan fingerprint density at radius 3 is 2.45 bits per heavy atom. The average Bonchev–Trinajstić information content (AvgIpc) is 1.86. The van der Waals surface area contributed by atoms with Crippen molar-refractivity contribution in [3.8, 4) is 0 Å². The molecule has 0 fully saturated rings. The first kappa shape index (κ1) is 10.5. The van der Waals surface area contributed by atoms with Gasteiger partial charge in [0.2, 0.25) is 0 Å². The van der Waals surface area contributed by atoms with Crippen molar-refractivity contribution in [2.45, 2.75) is 40.5 Å². The Bertz CT molecular complexity index is 136. The number of allylic oxidation sites excluding steroid dienone is 4. The van der Waals surface area contributed by atoms with Crippen LogP contribution < -0.4 is 0 Å². The van der Waals surface area contributed by atoms with E-state index in [1.807, 2.05) is 0 Å². The predicted molar refractivity (Wildman–Crippen MR) is 52.6 cm³/mol. The summed E-state index contributed by atoms with van der Waals surface area (Å²) < 4.78 is 0. The fourth-order valence-corrected chi connectivity index (χ4v) is 1.18. The summed E-state index contributed by atoms with van der Waals surface area (Å²) in [6, 6.07) is 0. The summed E-state index contributed by atoms with van der Waals surface area (Å²) in [5.41, 5.74) is 1.43. The van der Waals surface area contributed by atoms with Crippen LogP contribution in [0.15, 0.2) is 23.8 Å². The standard InChI is InChI=1S/C11H20/c1-5-6-7-8-11(4)9-10(2)3/h5-6,9,11H,7-8H2,1-4H3. The third-order valence-corrected chi connectivity index (χ3v) is 1.64. The van der Waals surface area contributed by atoms with Crippen molar-refractivity contribution in [1.82, 2.24) is 0 Å². The van der Waals surface area contributed by atoms with E-state index in [0.29, 0.717) is 0 Å². The number of rotatable bonds is 4. The summed E-state index contributed by atoms with van der Waals surface area (Å²) >= 11 is 0. The Labute approximate surface area is 71.0 Å². The van der Waals surface area contributed by atoms with Crippen LogP contribution in [0.25, 0.3) is 0 Å². The minimum atomic E-state index is 0.733. The summed E-state index contributed by atoms with van der Waals surface area (Å²) in [4.78, 5) is 0. The van der Waals surface area contributed by atoms with Crippen LogP contribution in [0.2, 0.25) is 0 Å². The topological polar surface area (TPSA) is 0 Å². The molecule has 1 atom stereocenters. The molecule has 0 bridgehead atoms. The van der Waals surface area contributed by atoms with E-state index in [1.54, 1.807) is 0 Å². The van der Waals surface area contributed by atoms with Gasteiger partial charge in [-0.1, -0.05) is 30.7 Å². The van der Waals surface area contributed by atoms with Crippen LogP contribution in [-0.4, -0.2) is 0 Å². The lowest BCUT2D eigenvalue weighted by molar-refractivity contribution is 0.653. The maximum Gasteiger partial charge on any atom is -0.0257 e. The van der Waals surface area contributed by atoms with Gasteiger partial charge in [0.25, 0.3) is 0 Å². The molecule has 11 heavy (non-hydrogen) atoms. The highest BCUT2D eigenvalue weighted by Gasteiger charge is 1.94. The Kier molecular flexibility index (Phi) is 5.91. The second-order valence-electron chi connectivity index (χ2n) is 3.37. The first-order valence-electron chi connectivity index (χ1n) is 4.43. The van der Waals surface area contributed by atoms with Crippen LogP contribution in [0.1, 0.15) is 40.5 Å². The van der Waals surface area contributed by atoms with Crippen molar-refractivity contribution in [2.24, 2.45) is 5.92 Å². The SMILES string of the molecule is CC=CCCC(C)C=C(C)C. The highest BCUT2D eigenvalue weighted by atomic mass is 14.0.